The number of aliphatic hydroxyl groups excluding tert-OH is 1. The lowest BCUT2D eigenvalue weighted by Gasteiger charge is -2.17. The van der Waals surface area contributed by atoms with E-state index in [1.54, 1.807) is 7.11 Å². The van der Waals surface area contributed by atoms with Gasteiger partial charge in [0.2, 0.25) is 0 Å². The summed E-state index contributed by atoms with van der Waals surface area (Å²) >= 11 is 0. The summed E-state index contributed by atoms with van der Waals surface area (Å²) in [6, 6.07) is 0. The van der Waals surface area contributed by atoms with Crippen molar-refractivity contribution in [2.75, 3.05) is 34.5 Å². The first-order valence-corrected chi connectivity index (χ1v) is 3.46. The van der Waals surface area contributed by atoms with E-state index < -0.39 is 5.97 Å². The summed E-state index contributed by atoms with van der Waals surface area (Å²) in [7, 11) is 4.28. The summed E-state index contributed by atoms with van der Waals surface area (Å²) in [4.78, 5) is 0. The third kappa shape index (κ3) is 12.5. The molecule has 0 aromatic carbocycles. The van der Waals surface area contributed by atoms with Crippen LogP contribution in [0.15, 0.2) is 0 Å². The van der Waals surface area contributed by atoms with Crippen molar-refractivity contribution >= 4 is 0 Å². The van der Waals surface area contributed by atoms with Gasteiger partial charge in [-0.1, -0.05) is 0 Å². The fourth-order valence-electron chi connectivity index (χ4n) is 0.175. The molecule has 0 aliphatic rings. The van der Waals surface area contributed by atoms with Crippen molar-refractivity contribution in [3.63, 3.8) is 0 Å². The maximum absolute atomic E-state index is 8.69. The smallest absolute Gasteiger partial charge is 0.276 e. The lowest BCUT2D eigenvalue weighted by molar-refractivity contribution is -0.326. The van der Waals surface area contributed by atoms with Crippen molar-refractivity contribution in [3.8, 4) is 0 Å². The summed E-state index contributed by atoms with van der Waals surface area (Å²) < 4.78 is 13.3. The Morgan fingerprint density at radius 1 is 1.17 bits per heavy atom. The maximum Gasteiger partial charge on any atom is 0.276 e. The van der Waals surface area contributed by atoms with Gasteiger partial charge in [0, 0.05) is 28.3 Å². The zero-order valence-electron chi connectivity index (χ0n) is 8.03. The highest BCUT2D eigenvalue weighted by atomic mass is 16.8. The predicted molar refractivity (Wildman–Crippen MR) is 43.6 cm³/mol. The number of hydrogen-bond acceptors (Lipinski definition) is 5. The van der Waals surface area contributed by atoms with Crippen molar-refractivity contribution in [1.82, 2.24) is 0 Å². The van der Waals surface area contributed by atoms with Crippen LogP contribution in [0, 0.1) is 0 Å². The molecule has 0 aromatic heterocycles. The minimum atomic E-state index is -1.42. The van der Waals surface area contributed by atoms with Gasteiger partial charge in [0.25, 0.3) is 5.97 Å². The molecule has 5 heteroatoms. The zero-order chi connectivity index (χ0) is 10.0. The molecule has 0 rings (SSSR count). The van der Waals surface area contributed by atoms with Crippen LogP contribution in [0.4, 0.5) is 0 Å². The average molecular weight is 182 g/mol. The Hall–Kier alpha value is -0.200. The Bertz CT molecular complexity index is 75.9. The molecular formula is C7H18O5. The standard InChI is InChI=1S/C4H10O3.C3H8O2/c1-4(5,6-2)7-3;1-5-3-2-4/h5H,1-3H3;4H,2-3H2,1H3. The Morgan fingerprint density at radius 3 is 1.58 bits per heavy atom. The van der Waals surface area contributed by atoms with Crippen molar-refractivity contribution < 1.29 is 24.4 Å². The molecular weight excluding hydrogens is 164 g/mol. The molecule has 0 saturated carbocycles. The second-order valence-electron chi connectivity index (χ2n) is 2.02. The minimum absolute atomic E-state index is 0.122. The van der Waals surface area contributed by atoms with Crippen LogP contribution in [0.5, 0.6) is 0 Å². The number of ether oxygens (including phenoxy) is 3. The van der Waals surface area contributed by atoms with Crippen LogP contribution in [-0.2, 0) is 14.2 Å². The second-order valence-corrected chi connectivity index (χ2v) is 2.02. The fourth-order valence-corrected chi connectivity index (χ4v) is 0.175. The SMILES string of the molecule is COC(C)(O)OC.COCCO. The molecule has 0 aliphatic carbocycles. The van der Waals surface area contributed by atoms with Crippen LogP contribution in [0.3, 0.4) is 0 Å². The first-order chi connectivity index (χ1) is 5.54. The van der Waals surface area contributed by atoms with E-state index in [2.05, 4.69) is 14.2 Å². The molecule has 0 aromatic rings. The Labute approximate surface area is 72.9 Å². The van der Waals surface area contributed by atoms with Crippen molar-refractivity contribution in [1.29, 1.82) is 0 Å². The Kier molecular flexibility index (Phi) is 10.6. The summed E-state index contributed by atoms with van der Waals surface area (Å²) in [5.74, 6) is -1.42. The molecule has 0 fully saturated rings. The van der Waals surface area contributed by atoms with Gasteiger partial charge in [0.15, 0.2) is 0 Å². The highest BCUT2D eigenvalue weighted by molar-refractivity contribution is 4.33. The molecule has 0 unspecified atom stereocenters. The monoisotopic (exact) mass is 182 g/mol. The second kappa shape index (κ2) is 8.89. The van der Waals surface area contributed by atoms with E-state index in [9.17, 15) is 0 Å². The van der Waals surface area contributed by atoms with E-state index in [-0.39, 0.29) is 6.61 Å². The van der Waals surface area contributed by atoms with Gasteiger partial charge in [-0.25, -0.2) is 0 Å². The van der Waals surface area contributed by atoms with Gasteiger partial charge < -0.3 is 24.4 Å². The fraction of sp³-hybridized carbons (Fsp3) is 1.00. The van der Waals surface area contributed by atoms with Gasteiger partial charge in [0.05, 0.1) is 13.2 Å². The van der Waals surface area contributed by atoms with Crippen LogP contribution >= 0.6 is 0 Å². The Morgan fingerprint density at radius 2 is 1.58 bits per heavy atom. The normalized spacial score (nSPS) is 10.5. The summed E-state index contributed by atoms with van der Waals surface area (Å²) in [5.41, 5.74) is 0. The van der Waals surface area contributed by atoms with Crippen molar-refractivity contribution in [2.45, 2.75) is 12.9 Å². The molecule has 76 valence electrons. The maximum atomic E-state index is 8.69. The zero-order valence-corrected chi connectivity index (χ0v) is 8.03. The molecule has 0 bridgehead atoms. The lowest BCUT2D eigenvalue weighted by atomic mass is 10.7. The number of rotatable bonds is 4. The quantitative estimate of drug-likeness (QED) is 0.577. The lowest BCUT2D eigenvalue weighted by Crippen LogP contribution is -2.28. The van der Waals surface area contributed by atoms with Gasteiger partial charge in [0.1, 0.15) is 0 Å². The van der Waals surface area contributed by atoms with Gasteiger partial charge in [-0.15, -0.1) is 0 Å². The summed E-state index contributed by atoms with van der Waals surface area (Å²) in [6.07, 6.45) is 0. The molecule has 0 amide bonds. The van der Waals surface area contributed by atoms with Crippen molar-refractivity contribution in [3.05, 3.63) is 0 Å². The first kappa shape index (κ1) is 14.3. The molecule has 5 nitrogen and oxygen atoms in total. The van der Waals surface area contributed by atoms with E-state index >= 15 is 0 Å². The van der Waals surface area contributed by atoms with Gasteiger partial charge >= 0.3 is 0 Å². The highest BCUT2D eigenvalue weighted by Gasteiger charge is 2.15. The van der Waals surface area contributed by atoms with Crippen LogP contribution in [0.2, 0.25) is 0 Å². The number of aliphatic hydroxyl groups is 2. The molecule has 0 aliphatic heterocycles. The number of hydrogen-bond donors (Lipinski definition) is 2. The minimum Gasteiger partial charge on any atom is -0.394 e. The van der Waals surface area contributed by atoms with Gasteiger partial charge in [-0.05, 0) is 0 Å². The molecule has 0 spiro atoms. The topological polar surface area (TPSA) is 68.2 Å². The molecule has 0 saturated heterocycles. The van der Waals surface area contributed by atoms with E-state index in [0.29, 0.717) is 6.61 Å². The van der Waals surface area contributed by atoms with Gasteiger partial charge in [-0.2, -0.15) is 0 Å². The highest BCUT2D eigenvalue weighted by Crippen LogP contribution is 2.01. The van der Waals surface area contributed by atoms with Crippen LogP contribution in [-0.4, -0.2) is 50.7 Å². The third-order valence-corrected chi connectivity index (χ3v) is 1.05. The molecule has 0 atom stereocenters. The predicted octanol–water partition coefficient (Wildman–Crippen LogP) is -0.430. The molecule has 0 radical (unpaired) electrons. The van der Waals surface area contributed by atoms with Crippen LogP contribution in [0.1, 0.15) is 6.92 Å². The molecule has 12 heavy (non-hydrogen) atoms. The van der Waals surface area contributed by atoms with E-state index in [0.717, 1.165) is 0 Å². The average Bonchev–Trinajstić information content (AvgIpc) is 2.07. The first-order valence-electron chi connectivity index (χ1n) is 3.46. The Balaban J connectivity index is 0. The van der Waals surface area contributed by atoms with E-state index in [1.807, 2.05) is 0 Å². The van der Waals surface area contributed by atoms with E-state index in [1.165, 1.54) is 21.1 Å². The summed E-state index contributed by atoms with van der Waals surface area (Å²) in [5, 5.41) is 16.6. The van der Waals surface area contributed by atoms with Crippen molar-refractivity contribution in [2.24, 2.45) is 0 Å². The molecule has 0 heterocycles. The third-order valence-electron chi connectivity index (χ3n) is 1.05. The van der Waals surface area contributed by atoms with Gasteiger partial charge in [-0.3, -0.25) is 0 Å². The number of methoxy groups -OCH3 is 3. The largest absolute Gasteiger partial charge is 0.394 e. The summed E-state index contributed by atoms with van der Waals surface area (Å²) in [6.45, 7) is 1.98. The van der Waals surface area contributed by atoms with E-state index in [4.69, 9.17) is 10.2 Å². The molecule has 2 N–H and O–H groups in total. The van der Waals surface area contributed by atoms with Crippen LogP contribution < -0.4 is 0 Å². The van der Waals surface area contributed by atoms with Crippen LogP contribution in [0.25, 0.3) is 0 Å².